The van der Waals surface area contributed by atoms with Gasteiger partial charge in [-0.3, -0.25) is 4.79 Å². The van der Waals surface area contributed by atoms with Crippen molar-refractivity contribution in [3.63, 3.8) is 0 Å². The van der Waals surface area contributed by atoms with Crippen LogP contribution in [0.25, 0.3) is 0 Å². The maximum Gasteiger partial charge on any atom is 0.318 e. The Morgan fingerprint density at radius 1 is 1.37 bits per heavy atom. The largest absolute Gasteiger partial charge is 0.468 e. The summed E-state index contributed by atoms with van der Waals surface area (Å²) < 4.78 is 56.0. The SMILES string of the molecule is COC(=O)C1(CC2CCC2)CCS(=O)(=O)CC1(F)F. The zero-order valence-electron chi connectivity index (χ0n) is 10.8. The number of rotatable bonds is 3. The van der Waals surface area contributed by atoms with Crippen molar-refractivity contribution in [3.8, 4) is 0 Å². The van der Waals surface area contributed by atoms with E-state index in [2.05, 4.69) is 4.74 Å². The Morgan fingerprint density at radius 2 is 2.00 bits per heavy atom. The molecule has 7 heteroatoms. The molecular formula is C12H18F2O4S. The molecule has 1 saturated carbocycles. The fourth-order valence-electron chi connectivity index (χ4n) is 2.97. The lowest BCUT2D eigenvalue weighted by molar-refractivity contribution is -0.185. The molecule has 0 amide bonds. The van der Waals surface area contributed by atoms with Crippen molar-refractivity contribution >= 4 is 15.8 Å². The average molecular weight is 296 g/mol. The third kappa shape index (κ3) is 2.49. The summed E-state index contributed by atoms with van der Waals surface area (Å²) in [6.07, 6.45) is 2.31. The molecule has 2 rings (SSSR count). The molecule has 1 atom stereocenters. The van der Waals surface area contributed by atoms with Gasteiger partial charge in [0, 0.05) is 0 Å². The van der Waals surface area contributed by atoms with E-state index in [-0.39, 0.29) is 24.5 Å². The highest BCUT2D eigenvalue weighted by atomic mass is 32.2. The molecule has 2 aliphatic rings. The maximum atomic E-state index is 14.3. The second-order valence-electron chi connectivity index (χ2n) is 5.62. The Labute approximate surface area is 111 Å². The van der Waals surface area contributed by atoms with E-state index >= 15 is 0 Å². The van der Waals surface area contributed by atoms with Crippen LogP contribution in [0.3, 0.4) is 0 Å². The van der Waals surface area contributed by atoms with Crippen molar-refractivity contribution in [1.29, 1.82) is 0 Å². The number of carbonyl (C=O) groups is 1. The fourth-order valence-corrected chi connectivity index (χ4v) is 4.60. The van der Waals surface area contributed by atoms with Crippen LogP contribution in [0, 0.1) is 11.3 Å². The summed E-state index contributed by atoms with van der Waals surface area (Å²) in [4.78, 5) is 11.9. The Bertz CT molecular complexity index is 470. The van der Waals surface area contributed by atoms with Crippen LogP contribution in [-0.2, 0) is 19.4 Å². The second-order valence-corrected chi connectivity index (χ2v) is 7.81. The molecule has 1 aliphatic heterocycles. The van der Waals surface area contributed by atoms with Gasteiger partial charge in [-0.1, -0.05) is 19.3 Å². The molecule has 0 spiro atoms. The molecular weight excluding hydrogens is 278 g/mol. The van der Waals surface area contributed by atoms with Crippen molar-refractivity contribution in [1.82, 2.24) is 0 Å². The average Bonchev–Trinajstić information content (AvgIpc) is 2.23. The van der Waals surface area contributed by atoms with Crippen molar-refractivity contribution in [2.24, 2.45) is 11.3 Å². The Kier molecular flexibility index (Phi) is 3.62. The number of esters is 1. The van der Waals surface area contributed by atoms with Gasteiger partial charge in [0.05, 0.1) is 12.9 Å². The van der Waals surface area contributed by atoms with Crippen molar-refractivity contribution < 1.29 is 26.7 Å². The van der Waals surface area contributed by atoms with Gasteiger partial charge in [0.25, 0.3) is 5.92 Å². The standard InChI is InChI=1S/C12H18F2O4S/c1-18-10(15)11(7-9-3-2-4-9)5-6-19(16,17)8-12(11,13)14/h9H,2-8H2,1H3. The topological polar surface area (TPSA) is 60.4 Å². The molecule has 19 heavy (non-hydrogen) atoms. The van der Waals surface area contributed by atoms with Gasteiger partial charge in [0.2, 0.25) is 0 Å². The number of methoxy groups -OCH3 is 1. The zero-order chi connectivity index (χ0) is 14.3. The van der Waals surface area contributed by atoms with Gasteiger partial charge in [-0.25, -0.2) is 17.2 Å². The summed E-state index contributed by atoms with van der Waals surface area (Å²) in [5, 5.41) is 0. The van der Waals surface area contributed by atoms with Crippen LogP contribution in [0.15, 0.2) is 0 Å². The van der Waals surface area contributed by atoms with Gasteiger partial charge in [-0.15, -0.1) is 0 Å². The molecule has 1 heterocycles. The van der Waals surface area contributed by atoms with Gasteiger partial charge in [-0.05, 0) is 18.8 Å². The number of alkyl halides is 2. The molecule has 0 radical (unpaired) electrons. The van der Waals surface area contributed by atoms with Gasteiger partial charge >= 0.3 is 5.97 Å². The van der Waals surface area contributed by atoms with Crippen molar-refractivity contribution in [2.45, 2.75) is 38.0 Å². The monoisotopic (exact) mass is 296 g/mol. The molecule has 0 aromatic rings. The van der Waals surface area contributed by atoms with E-state index in [4.69, 9.17) is 0 Å². The van der Waals surface area contributed by atoms with Crippen molar-refractivity contribution in [3.05, 3.63) is 0 Å². The third-order valence-corrected chi connectivity index (χ3v) is 6.01. The lowest BCUT2D eigenvalue weighted by Gasteiger charge is -2.44. The molecule has 4 nitrogen and oxygen atoms in total. The first kappa shape index (κ1) is 14.7. The van der Waals surface area contributed by atoms with E-state index in [9.17, 15) is 22.0 Å². The lowest BCUT2D eigenvalue weighted by atomic mass is 9.67. The van der Waals surface area contributed by atoms with Crippen LogP contribution in [0.4, 0.5) is 8.78 Å². The number of hydrogen-bond acceptors (Lipinski definition) is 4. The third-order valence-electron chi connectivity index (χ3n) is 4.38. The summed E-state index contributed by atoms with van der Waals surface area (Å²) >= 11 is 0. The van der Waals surface area contributed by atoms with Crippen molar-refractivity contribution in [2.75, 3.05) is 18.6 Å². The molecule has 2 fully saturated rings. The van der Waals surface area contributed by atoms with Gasteiger partial charge in [0.15, 0.2) is 9.84 Å². The maximum absolute atomic E-state index is 14.3. The number of halogens is 2. The minimum Gasteiger partial charge on any atom is -0.468 e. The quantitative estimate of drug-likeness (QED) is 0.745. The van der Waals surface area contributed by atoms with Gasteiger partial charge in [0.1, 0.15) is 11.2 Å². The molecule has 1 unspecified atom stereocenters. The minimum absolute atomic E-state index is 0.0300. The summed E-state index contributed by atoms with van der Waals surface area (Å²) in [6, 6.07) is 0. The summed E-state index contributed by atoms with van der Waals surface area (Å²) in [5.41, 5.74) is -1.96. The normalized spacial score (nSPS) is 33.4. The predicted octanol–water partition coefficient (Wildman–Crippen LogP) is 1.79. The highest BCUT2D eigenvalue weighted by Gasteiger charge is 2.64. The van der Waals surface area contributed by atoms with Gasteiger partial charge in [-0.2, -0.15) is 0 Å². The molecule has 0 aromatic carbocycles. The zero-order valence-corrected chi connectivity index (χ0v) is 11.6. The van der Waals surface area contributed by atoms with Gasteiger partial charge < -0.3 is 4.74 Å². The molecule has 110 valence electrons. The Balaban J connectivity index is 2.33. The molecule has 1 saturated heterocycles. The minimum atomic E-state index is -3.79. The van der Waals surface area contributed by atoms with Crippen LogP contribution in [-0.4, -0.2) is 38.9 Å². The first-order chi connectivity index (χ1) is 8.72. The van der Waals surface area contributed by atoms with Crippen LogP contribution in [0.5, 0.6) is 0 Å². The van der Waals surface area contributed by atoms with E-state index in [0.717, 1.165) is 26.4 Å². The van der Waals surface area contributed by atoms with E-state index in [1.807, 2.05) is 0 Å². The molecule has 1 aliphatic carbocycles. The Morgan fingerprint density at radius 3 is 2.42 bits per heavy atom. The lowest BCUT2D eigenvalue weighted by Crippen LogP contribution is -2.57. The number of carbonyl (C=O) groups excluding carboxylic acids is 1. The molecule has 0 N–H and O–H groups in total. The number of ether oxygens (including phenoxy) is 1. The second kappa shape index (κ2) is 4.68. The molecule has 0 aromatic heterocycles. The van der Waals surface area contributed by atoms with E-state index in [1.54, 1.807) is 0 Å². The summed E-state index contributed by atoms with van der Waals surface area (Å²) in [5.74, 6) is -6.07. The fraction of sp³-hybridized carbons (Fsp3) is 0.917. The number of sulfone groups is 1. The van der Waals surface area contributed by atoms with E-state index in [1.165, 1.54) is 0 Å². The Hall–Kier alpha value is -0.720. The first-order valence-electron chi connectivity index (χ1n) is 6.39. The first-order valence-corrected chi connectivity index (χ1v) is 8.21. The highest BCUT2D eigenvalue weighted by Crippen LogP contribution is 2.52. The van der Waals surface area contributed by atoms with Crippen LogP contribution >= 0.6 is 0 Å². The van der Waals surface area contributed by atoms with Crippen LogP contribution in [0.1, 0.15) is 32.1 Å². The van der Waals surface area contributed by atoms with E-state index in [0.29, 0.717) is 0 Å². The predicted molar refractivity (Wildman–Crippen MR) is 64.6 cm³/mol. The van der Waals surface area contributed by atoms with Crippen LogP contribution in [0.2, 0.25) is 0 Å². The smallest absolute Gasteiger partial charge is 0.318 e. The summed E-state index contributed by atoms with van der Waals surface area (Å²) in [6.45, 7) is 0. The van der Waals surface area contributed by atoms with Crippen LogP contribution < -0.4 is 0 Å². The summed E-state index contributed by atoms with van der Waals surface area (Å²) in [7, 11) is -2.71. The molecule has 0 bridgehead atoms. The van der Waals surface area contributed by atoms with E-state index < -0.39 is 32.9 Å². The highest BCUT2D eigenvalue weighted by molar-refractivity contribution is 7.91. The number of hydrogen-bond donors (Lipinski definition) is 0.